The van der Waals surface area contributed by atoms with E-state index in [9.17, 15) is 13.2 Å². The van der Waals surface area contributed by atoms with Gasteiger partial charge in [0, 0.05) is 15.7 Å². The molecule has 1 aliphatic rings. The van der Waals surface area contributed by atoms with Crippen LogP contribution >= 0.6 is 15.9 Å². The number of hydrogen-bond acceptors (Lipinski definition) is 4. The van der Waals surface area contributed by atoms with E-state index < -0.39 is 16.1 Å². The number of aryl methyl sites for hydroxylation is 1. The van der Waals surface area contributed by atoms with E-state index in [4.69, 9.17) is 0 Å². The molecule has 0 aromatic heterocycles. The number of amidine groups is 1. The number of nitrogens with zero attached hydrogens (tertiary/aromatic N) is 1. The van der Waals surface area contributed by atoms with Crippen molar-refractivity contribution in [3.63, 3.8) is 0 Å². The molecule has 1 heterocycles. The number of benzene rings is 2. The molecule has 0 spiro atoms. The Labute approximate surface area is 154 Å². The fourth-order valence-electron chi connectivity index (χ4n) is 2.45. The van der Waals surface area contributed by atoms with Crippen LogP contribution in [0.5, 0.6) is 0 Å². The van der Waals surface area contributed by atoms with Gasteiger partial charge in [-0.2, -0.15) is 0 Å². The Bertz CT molecular complexity index is 986. The summed E-state index contributed by atoms with van der Waals surface area (Å²) >= 11 is 3.41. The standard InChI is InChI=1S/C17H16BrN3O3S/c1-10-9-12(7-8-14(10)18)20-17(22)11(2)19-16-13-5-3-4-6-15(13)25(23,24)21-16/h3-9,11H,1-2H3,(H,19,21)(H,20,22)/t11-/m0/s1. The molecule has 3 rings (SSSR count). The fraction of sp³-hybridized carbons (Fsp3) is 0.176. The van der Waals surface area contributed by atoms with Crippen LogP contribution in [0.15, 0.2) is 56.8 Å². The van der Waals surface area contributed by atoms with Crippen LogP contribution in [0.4, 0.5) is 5.69 Å². The average Bonchev–Trinajstić information content (AvgIpc) is 2.82. The number of anilines is 1. The topological polar surface area (TPSA) is 87.6 Å². The van der Waals surface area contributed by atoms with Crippen LogP contribution in [0.25, 0.3) is 0 Å². The molecular formula is C17H16BrN3O3S. The monoisotopic (exact) mass is 421 g/mol. The molecule has 0 saturated heterocycles. The van der Waals surface area contributed by atoms with Gasteiger partial charge >= 0.3 is 0 Å². The van der Waals surface area contributed by atoms with Crippen molar-refractivity contribution in [3.8, 4) is 0 Å². The minimum atomic E-state index is -3.61. The first-order valence-corrected chi connectivity index (χ1v) is 9.82. The molecule has 2 aromatic rings. The number of hydrogen-bond donors (Lipinski definition) is 2. The second-order valence-electron chi connectivity index (χ2n) is 5.71. The first-order chi connectivity index (χ1) is 11.8. The lowest BCUT2D eigenvalue weighted by Gasteiger charge is -2.11. The van der Waals surface area contributed by atoms with Gasteiger partial charge in [-0.05, 0) is 49.7 Å². The van der Waals surface area contributed by atoms with Crippen molar-refractivity contribution in [2.75, 3.05) is 5.32 Å². The molecule has 25 heavy (non-hydrogen) atoms. The van der Waals surface area contributed by atoms with Crippen molar-refractivity contribution in [2.24, 2.45) is 4.99 Å². The van der Waals surface area contributed by atoms with E-state index in [1.807, 2.05) is 19.1 Å². The number of halogens is 1. The molecule has 0 fully saturated rings. The average molecular weight is 422 g/mol. The van der Waals surface area contributed by atoms with E-state index in [1.165, 1.54) is 6.07 Å². The second kappa shape index (κ2) is 6.61. The maximum atomic E-state index is 12.4. The summed E-state index contributed by atoms with van der Waals surface area (Å²) in [7, 11) is -3.61. The summed E-state index contributed by atoms with van der Waals surface area (Å²) in [5, 5.41) is 2.78. The van der Waals surface area contributed by atoms with Crippen molar-refractivity contribution in [2.45, 2.75) is 24.8 Å². The van der Waals surface area contributed by atoms with E-state index in [0.29, 0.717) is 11.3 Å². The Morgan fingerprint density at radius 3 is 2.68 bits per heavy atom. The normalized spacial score (nSPS) is 17.6. The van der Waals surface area contributed by atoms with E-state index in [-0.39, 0.29) is 16.6 Å². The number of sulfonamides is 1. The summed E-state index contributed by atoms with van der Waals surface area (Å²) in [6.07, 6.45) is 0. The third-order valence-corrected chi connectivity index (χ3v) is 6.08. The minimum Gasteiger partial charge on any atom is -0.324 e. The van der Waals surface area contributed by atoms with Gasteiger partial charge in [-0.25, -0.2) is 8.42 Å². The summed E-state index contributed by atoms with van der Waals surface area (Å²) in [5.74, 6) is -0.136. The minimum absolute atomic E-state index is 0.171. The predicted molar refractivity (Wildman–Crippen MR) is 100 cm³/mol. The van der Waals surface area contributed by atoms with E-state index in [1.54, 1.807) is 31.2 Å². The largest absolute Gasteiger partial charge is 0.324 e. The number of fused-ring (bicyclic) bond motifs is 1. The van der Waals surface area contributed by atoms with Crippen molar-refractivity contribution >= 4 is 43.4 Å². The smallest absolute Gasteiger partial charge is 0.263 e. The molecule has 8 heteroatoms. The second-order valence-corrected chi connectivity index (χ2v) is 8.21. The van der Waals surface area contributed by atoms with Gasteiger partial charge in [-0.15, -0.1) is 0 Å². The van der Waals surface area contributed by atoms with Crippen LogP contribution in [-0.2, 0) is 14.8 Å². The zero-order valence-corrected chi connectivity index (χ0v) is 16.0. The van der Waals surface area contributed by atoms with Crippen molar-refractivity contribution < 1.29 is 13.2 Å². The molecule has 1 aliphatic heterocycles. The summed E-state index contributed by atoms with van der Waals surface area (Å²) in [5.41, 5.74) is 2.13. The van der Waals surface area contributed by atoms with Crippen LogP contribution in [0.3, 0.4) is 0 Å². The molecular weight excluding hydrogens is 406 g/mol. The van der Waals surface area contributed by atoms with Gasteiger partial charge in [0.25, 0.3) is 10.0 Å². The zero-order chi connectivity index (χ0) is 18.2. The molecule has 0 bridgehead atoms. The van der Waals surface area contributed by atoms with Gasteiger partial charge in [0.1, 0.15) is 11.9 Å². The van der Waals surface area contributed by atoms with Gasteiger partial charge in [0.15, 0.2) is 0 Å². The van der Waals surface area contributed by atoms with Gasteiger partial charge < -0.3 is 5.32 Å². The zero-order valence-electron chi connectivity index (χ0n) is 13.6. The van der Waals surface area contributed by atoms with E-state index >= 15 is 0 Å². The van der Waals surface area contributed by atoms with Crippen LogP contribution in [0.2, 0.25) is 0 Å². The Hall–Kier alpha value is -2.19. The number of amides is 1. The first-order valence-electron chi connectivity index (χ1n) is 7.55. The van der Waals surface area contributed by atoms with Crippen LogP contribution < -0.4 is 10.0 Å². The third kappa shape index (κ3) is 3.59. The summed E-state index contributed by atoms with van der Waals surface area (Å²) in [4.78, 5) is 16.8. The predicted octanol–water partition coefficient (Wildman–Crippen LogP) is 2.82. The van der Waals surface area contributed by atoms with E-state index in [2.05, 4.69) is 31.0 Å². The quantitative estimate of drug-likeness (QED) is 0.798. The summed E-state index contributed by atoms with van der Waals surface area (Å²) in [6, 6.07) is 11.3. The third-order valence-electron chi connectivity index (χ3n) is 3.79. The van der Waals surface area contributed by atoms with Crippen molar-refractivity contribution in [1.29, 1.82) is 0 Å². The summed E-state index contributed by atoms with van der Waals surface area (Å²) < 4.78 is 27.5. The highest BCUT2D eigenvalue weighted by Gasteiger charge is 2.31. The molecule has 0 aliphatic carbocycles. The Balaban J connectivity index is 1.82. The molecule has 0 saturated carbocycles. The highest BCUT2D eigenvalue weighted by molar-refractivity contribution is 9.10. The number of carbonyl (C=O) groups is 1. The van der Waals surface area contributed by atoms with Gasteiger partial charge in [-0.3, -0.25) is 14.5 Å². The fourth-order valence-corrected chi connectivity index (χ4v) is 3.94. The molecule has 0 radical (unpaired) electrons. The highest BCUT2D eigenvalue weighted by atomic mass is 79.9. The van der Waals surface area contributed by atoms with E-state index in [0.717, 1.165) is 10.0 Å². The van der Waals surface area contributed by atoms with Crippen LogP contribution in [-0.4, -0.2) is 26.2 Å². The van der Waals surface area contributed by atoms with Gasteiger partial charge in [-0.1, -0.05) is 28.1 Å². The maximum Gasteiger partial charge on any atom is 0.263 e. The SMILES string of the molecule is Cc1cc(NC(=O)[C@H](C)N=C2NS(=O)(=O)c3ccccc32)ccc1Br. The number of rotatable bonds is 3. The number of nitrogens with one attached hydrogen (secondary N) is 2. The molecule has 2 N–H and O–H groups in total. The molecule has 130 valence electrons. The lowest BCUT2D eigenvalue weighted by atomic mass is 10.2. The first kappa shape index (κ1) is 17.6. The Morgan fingerprint density at radius 1 is 1.24 bits per heavy atom. The Morgan fingerprint density at radius 2 is 1.96 bits per heavy atom. The number of carbonyl (C=O) groups excluding carboxylic acids is 1. The molecule has 1 atom stereocenters. The number of aliphatic imine (C=N–C) groups is 1. The van der Waals surface area contributed by atoms with Crippen molar-refractivity contribution in [3.05, 3.63) is 58.1 Å². The van der Waals surface area contributed by atoms with Gasteiger partial charge in [0.2, 0.25) is 5.91 Å². The molecule has 1 amide bonds. The lowest BCUT2D eigenvalue weighted by Crippen LogP contribution is -2.28. The van der Waals surface area contributed by atoms with Crippen molar-refractivity contribution in [1.82, 2.24) is 4.72 Å². The molecule has 0 unspecified atom stereocenters. The summed E-state index contributed by atoms with van der Waals surface area (Å²) in [6.45, 7) is 3.54. The van der Waals surface area contributed by atoms with Gasteiger partial charge in [0.05, 0.1) is 4.90 Å². The maximum absolute atomic E-state index is 12.4. The Kier molecular flexibility index (Phi) is 4.66. The van der Waals surface area contributed by atoms with Crippen LogP contribution in [0.1, 0.15) is 18.1 Å². The lowest BCUT2D eigenvalue weighted by molar-refractivity contribution is -0.117. The highest BCUT2D eigenvalue weighted by Crippen LogP contribution is 2.23. The van der Waals surface area contributed by atoms with Crippen LogP contribution in [0, 0.1) is 6.92 Å². The molecule has 6 nitrogen and oxygen atoms in total. The molecule has 2 aromatic carbocycles.